The Morgan fingerprint density at radius 2 is 1.00 bits per heavy atom. The van der Waals surface area contributed by atoms with Crippen molar-refractivity contribution in [1.29, 1.82) is 0 Å². The van der Waals surface area contributed by atoms with Gasteiger partial charge in [-0.05, 0) is 25.7 Å². The summed E-state index contributed by atoms with van der Waals surface area (Å²) < 4.78 is 0. The van der Waals surface area contributed by atoms with Crippen molar-refractivity contribution in [2.75, 3.05) is 0 Å². The molecule has 0 fully saturated rings. The Balaban J connectivity index is -0.000000154. The molecule has 0 aromatic carbocycles. The van der Waals surface area contributed by atoms with Crippen LogP contribution >= 0.6 is 0 Å². The van der Waals surface area contributed by atoms with Gasteiger partial charge in [-0.3, -0.25) is 0 Å². The van der Waals surface area contributed by atoms with Crippen LogP contribution in [0.25, 0.3) is 0 Å². The second-order valence-corrected chi connectivity index (χ2v) is 5.59. The fourth-order valence-corrected chi connectivity index (χ4v) is 1.81. The van der Waals surface area contributed by atoms with E-state index in [2.05, 4.69) is 0 Å². The van der Waals surface area contributed by atoms with Crippen LogP contribution in [0.3, 0.4) is 0 Å². The van der Waals surface area contributed by atoms with E-state index in [1.165, 1.54) is 0 Å². The van der Waals surface area contributed by atoms with Crippen LogP contribution in [0.4, 0.5) is 0 Å². The minimum absolute atomic E-state index is 0. The van der Waals surface area contributed by atoms with Crippen LogP contribution in [0.1, 0.15) is 79.1 Å². The Morgan fingerprint density at radius 1 is 0.750 bits per heavy atom. The third kappa shape index (κ3) is 11.8. The van der Waals surface area contributed by atoms with Crippen molar-refractivity contribution < 1.29 is 52.9 Å². The van der Waals surface area contributed by atoms with Crippen LogP contribution in [0.2, 0.25) is 0 Å². The smallest absolute Gasteiger partial charge is 0.335 e. The summed E-state index contributed by atoms with van der Waals surface area (Å²) in [5, 5.41) is 36.1. The number of aliphatic carboxylic acids is 2. The average Bonchev–Trinajstić information content (AvgIpc) is 2.50. The van der Waals surface area contributed by atoms with Crippen LogP contribution < -0.4 is 0 Å². The number of carbonyl (C=O) groups is 2. The molecule has 146 valence electrons. The van der Waals surface area contributed by atoms with Crippen molar-refractivity contribution in [3.05, 3.63) is 0 Å². The van der Waals surface area contributed by atoms with E-state index < -0.39 is 23.1 Å². The predicted octanol–water partition coefficient (Wildman–Crippen LogP) is 1.98. The topological polar surface area (TPSA) is 147 Å². The molecule has 0 radical (unpaired) electrons. The number of unbranched alkanes of at least 4 members (excludes halogenated alkanes) is 2. The summed E-state index contributed by atoms with van der Waals surface area (Å²) in [5.41, 5.74) is -2.98. The van der Waals surface area contributed by atoms with Crippen molar-refractivity contribution in [1.82, 2.24) is 0 Å². The van der Waals surface area contributed by atoms with E-state index in [4.69, 9.17) is 10.2 Å². The van der Waals surface area contributed by atoms with E-state index in [1.54, 1.807) is 13.8 Å². The summed E-state index contributed by atoms with van der Waals surface area (Å²) in [6.07, 6.45) is 4.62. The van der Waals surface area contributed by atoms with Crippen molar-refractivity contribution in [2.45, 2.75) is 90.3 Å². The zero-order chi connectivity index (χ0) is 17.8. The van der Waals surface area contributed by atoms with Crippen LogP contribution in [0, 0.1) is 0 Å². The zero-order valence-corrected chi connectivity index (χ0v) is 16.4. The Kier molecular flexibility index (Phi) is 20.6. The summed E-state index contributed by atoms with van der Waals surface area (Å²) in [4.78, 5) is 21.0. The van der Waals surface area contributed by atoms with Gasteiger partial charge < -0.3 is 25.9 Å². The van der Waals surface area contributed by atoms with E-state index in [9.17, 15) is 19.8 Å². The molecule has 0 amide bonds. The molecule has 0 aromatic heterocycles. The van der Waals surface area contributed by atoms with E-state index in [1.807, 2.05) is 13.8 Å². The van der Waals surface area contributed by atoms with Crippen molar-refractivity contribution in [3.63, 3.8) is 0 Å². The first-order valence-corrected chi connectivity index (χ1v) is 8.05. The van der Waals surface area contributed by atoms with E-state index in [0.29, 0.717) is 12.8 Å². The summed E-state index contributed by atoms with van der Waals surface area (Å²) in [6, 6.07) is 0. The fourth-order valence-electron chi connectivity index (χ4n) is 1.81. The predicted molar refractivity (Wildman–Crippen MR) is 88.4 cm³/mol. The number of rotatable bonds is 10. The van der Waals surface area contributed by atoms with Gasteiger partial charge in [0, 0.05) is 17.4 Å². The fraction of sp³-hybridized carbons (Fsp3) is 0.875. The molecule has 6 N–H and O–H groups in total. The second kappa shape index (κ2) is 15.9. The van der Waals surface area contributed by atoms with E-state index in [-0.39, 0.29) is 35.7 Å². The number of aliphatic hydroxyl groups is 2. The van der Waals surface area contributed by atoms with Crippen LogP contribution in [0.15, 0.2) is 0 Å². The second-order valence-electron chi connectivity index (χ2n) is 5.59. The van der Waals surface area contributed by atoms with Gasteiger partial charge in [-0.1, -0.05) is 53.4 Å². The van der Waals surface area contributed by atoms with Gasteiger partial charge in [0.25, 0.3) is 0 Å². The summed E-state index contributed by atoms with van der Waals surface area (Å²) >= 11 is 0. The number of hydrogen-bond acceptors (Lipinski definition) is 4. The van der Waals surface area contributed by atoms with Crippen LogP contribution in [-0.2, 0) is 27.0 Å². The Morgan fingerprint density at radius 3 is 1.12 bits per heavy atom. The SMILES string of the molecule is CCCCC(O)(CC)C(=O)O.CCCCC(O)(CC)C(=O)O.O.[Cr]. The van der Waals surface area contributed by atoms with Gasteiger partial charge in [0.2, 0.25) is 0 Å². The number of carboxylic acid groups (broad SMARTS) is 2. The molecule has 0 spiro atoms. The summed E-state index contributed by atoms with van der Waals surface area (Å²) in [5.74, 6) is -2.21. The molecule has 0 saturated carbocycles. The standard InChI is InChI=1S/2C8H16O3.Cr.H2O/c2*1-3-5-6-8(11,4-2)7(9)10;;/h2*11H,3-6H2,1-2H3,(H,9,10);;1H2. The molecule has 0 saturated heterocycles. The Bertz CT molecular complexity index is 306. The molecule has 24 heavy (non-hydrogen) atoms. The quantitative estimate of drug-likeness (QED) is 0.448. The van der Waals surface area contributed by atoms with Crippen molar-refractivity contribution in [2.24, 2.45) is 0 Å². The molecule has 2 unspecified atom stereocenters. The van der Waals surface area contributed by atoms with E-state index in [0.717, 1.165) is 25.7 Å². The van der Waals surface area contributed by atoms with Gasteiger partial charge in [0.15, 0.2) is 11.2 Å². The summed E-state index contributed by atoms with van der Waals surface area (Å²) in [7, 11) is 0. The minimum Gasteiger partial charge on any atom is -0.479 e. The third-order valence-electron chi connectivity index (χ3n) is 3.85. The molecule has 0 aliphatic carbocycles. The molecule has 7 nitrogen and oxygen atoms in total. The molecule has 0 aromatic rings. The molecular formula is C16H34CrO7. The maximum absolute atomic E-state index is 10.5. The molecule has 2 atom stereocenters. The van der Waals surface area contributed by atoms with Gasteiger partial charge in [-0.2, -0.15) is 0 Å². The van der Waals surface area contributed by atoms with Crippen molar-refractivity contribution >= 4 is 11.9 Å². The van der Waals surface area contributed by atoms with Crippen LogP contribution in [-0.4, -0.2) is 49.0 Å². The zero-order valence-electron chi connectivity index (χ0n) is 15.2. The van der Waals surface area contributed by atoms with Crippen molar-refractivity contribution in [3.8, 4) is 0 Å². The number of carboxylic acids is 2. The van der Waals surface area contributed by atoms with Gasteiger partial charge in [0.1, 0.15) is 0 Å². The number of hydrogen-bond donors (Lipinski definition) is 4. The Labute approximate surface area is 155 Å². The third-order valence-corrected chi connectivity index (χ3v) is 3.85. The molecule has 0 aliphatic heterocycles. The minimum atomic E-state index is -1.49. The van der Waals surface area contributed by atoms with Crippen LogP contribution in [0.5, 0.6) is 0 Å². The van der Waals surface area contributed by atoms with E-state index >= 15 is 0 Å². The molecule has 0 heterocycles. The Hall–Kier alpha value is -0.648. The first kappa shape index (κ1) is 31.2. The molecule has 0 bridgehead atoms. The first-order chi connectivity index (χ1) is 10.1. The molecular weight excluding hydrogens is 356 g/mol. The van der Waals surface area contributed by atoms with Gasteiger partial charge >= 0.3 is 11.9 Å². The molecule has 0 rings (SSSR count). The van der Waals surface area contributed by atoms with Gasteiger partial charge in [0.05, 0.1) is 0 Å². The molecule has 8 heteroatoms. The van der Waals surface area contributed by atoms with Gasteiger partial charge in [-0.15, -0.1) is 0 Å². The normalized spacial score (nSPS) is 14.6. The largest absolute Gasteiger partial charge is 0.479 e. The molecule has 0 aliphatic rings. The summed E-state index contributed by atoms with van der Waals surface area (Å²) in [6.45, 7) is 7.31. The van der Waals surface area contributed by atoms with Gasteiger partial charge in [-0.25, -0.2) is 9.59 Å². The monoisotopic (exact) mass is 390 g/mol. The maximum atomic E-state index is 10.5. The maximum Gasteiger partial charge on any atom is 0.335 e. The average molecular weight is 390 g/mol. The first-order valence-electron chi connectivity index (χ1n) is 8.05.